The summed E-state index contributed by atoms with van der Waals surface area (Å²) in [5, 5.41) is 2.88. The molecular formula is C14H23N3O. The zero-order valence-corrected chi connectivity index (χ0v) is 11.7. The Labute approximate surface area is 109 Å². The molecule has 0 aromatic carbocycles. The van der Waals surface area contributed by atoms with Crippen LogP contribution in [0.1, 0.15) is 38.3 Å². The van der Waals surface area contributed by atoms with Crippen LogP contribution >= 0.6 is 0 Å². The molecule has 4 nitrogen and oxygen atoms in total. The Morgan fingerprint density at radius 3 is 2.72 bits per heavy atom. The molecule has 1 heterocycles. The van der Waals surface area contributed by atoms with Gasteiger partial charge in [-0.1, -0.05) is 20.8 Å². The van der Waals surface area contributed by atoms with Gasteiger partial charge in [0.2, 0.25) is 5.91 Å². The number of pyridine rings is 1. The Morgan fingerprint density at radius 2 is 2.17 bits per heavy atom. The van der Waals surface area contributed by atoms with E-state index in [0.29, 0.717) is 13.0 Å². The summed E-state index contributed by atoms with van der Waals surface area (Å²) in [4.78, 5) is 15.8. The van der Waals surface area contributed by atoms with Crippen molar-refractivity contribution in [3.05, 3.63) is 29.6 Å². The van der Waals surface area contributed by atoms with E-state index in [1.54, 1.807) is 12.4 Å². The van der Waals surface area contributed by atoms with Gasteiger partial charge in [0.25, 0.3) is 0 Å². The van der Waals surface area contributed by atoms with Gasteiger partial charge in [0.05, 0.1) is 0 Å². The maximum atomic E-state index is 11.8. The van der Waals surface area contributed by atoms with E-state index in [4.69, 9.17) is 5.73 Å². The highest BCUT2D eigenvalue weighted by molar-refractivity contribution is 5.76. The van der Waals surface area contributed by atoms with Crippen LogP contribution in [0.4, 0.5) is 0 Å². The van der Waals surface area contributed by atoms with Gasteiger partial charge in [-0.15, -0.1) is 0 Å². The van der Waals surface area contributed by atoms with Crippen molar-refractivity contribution in [1.29, 1.82) is 0 Å². The summed E-state index contributed by atoms with van der Waals surface area (Å²) < 4.78 is 0. The van der Waals surface area contributed by atoms with Crippen molar-refractivity contribution in [2.75, 3.05) is 0 Å². The number of aromatic nitrogens is 1. The molecule has 0 saturated heterocycles. The Bertz CT molecular complexity index is 410. The molecule has 18 heavy (non-hydrogen) atoms. The number of aryl methyl sites for hydroxylation is 1. The third-order valence-electron chi connectivity index (χ3n) is 3.14. The minimum Gasteiger partial charge on any atom is -0.352 e. The first-order chi connectivity index (χ1) is 8.30. The van der Waals surface area contributed by atoms with Crippen LogP contribution in [-0.4, -0.2) is 16.9 Å². The van der Waals surface area contributed by atoms with Crippen molar-refractivity contribution in [3.8, 4) is 0 Å². The minimum atomic E-state index is -0.132. The summed E-state index contributed by atoms with van der Waals surface area (Å²) in [6, 6.07) is 1.80. The highest BCUT2D eigenvalue weighted by Gasteiger charge is 2.22. The van der Waals surface area contributed by atoms with Gasteiger partial charge in [0.1, 0.15) is 0 Å². The SMILES string of the molecule is Cc1ccncc1CNC(=O)CC(N)C(C)(C)C. The molecule has 0 radical (unpaired) electrons. The smallest absolute Gasteiger partial charge is 0.221 e. The Hall–Kier alpha value is -1.42. The maximum Gasteiger partial charge on any atom is 0.221 e. The van der Waals surface area contributed by atoms with Crippen molar-refractivity contribution in [1.82, 2.24) is 10.3 Å². The number of nitrogens with one attached hydrogen (secondary N) is 1. The number of carbonyl (C=O) groups is 1. The lowest BCUT2D eigenvalue weighted by atomic mass is 9.85. The molecule has 1 unspecified atom stereocenters. The second kappa shape index (κ2) is 5.96. The first kappa shape index (κ1) is 14.6. The molecule has 1 amide bonds. The van der Waals surface area contributed by atoms with Crippen molar-refractivity contribution >= 4 is 5.91 Å². The van der Waals surface area contributed by atoms with Crippen LogP contribution < -0.4 is 11.1 Å². The standard InChI is InChI=1S/C14H23N3O/c1-10-5-6-16-8-11(10)9-17-13(18)7-12(15)14(2,3)4/h5-6,8,12H,7,9,15H2,1-4H3,(H,17,18). The van der Waals surface area contributed by atoms with E-state index < -0.39 is 0 Å². The third-order valence-corrected chi connectivity index (χ3v) is 3.14. The lowest BCUT2D eigenvalue weighted by Crippen LogP contribution is -2.40. The Balaban J connectivity index is 2.45. The summed E-state index contributed by atoms with van der Waals surface area (Å²) in [7, 11) is 0. The highest BCUT2D eigenvalue weighted by Crippen LogP contribution is 2.19. The summed E-state index contributed by atoms with van der Waals surface area (Å²) in [6.07, 6.45) is 3.87. The summed E-state index contributed by atoms with van der Waals surface area (Å²) in [5.74, 6) is -0.0133. The highest BCUT2D eigenvalue weighted by atomic mass is 16.1. The van der Waals surface area contributed by atoms with E-state index in [0.717, 1.165) is 11.1 Å². The van der Waals surface area contributed by atoms with Crippen LogP contribution in [0.25, 0.3) is 0 Å². The Kier molecular flexibility index (Phi) is 4.84. The van der Waals surface area contributed by atoms with E-state index in [1.165, 1.54) is 0 Å². The molecule has 1 atom stereocenters. The minimum absolute atomic E-state index is 0.0133. The van der Waals surface area contributed by atoms with Crippen molar-refractivity contribution in [2.45, 2.75) is 46.7 Å². The molecule has 1 rings (SSSR count). The molecular weight excluding hydrogens is 226 g/mol. The first-order valence-electron chi connectivity index (χ1n) is 6.22. The fourth-order valence-electron chi connectivity index (χ4n) is 1.45. The van der Waals surface area contributed by atoms with Gasteiger partial charge in [-0.2, -0.15) is 0 Å². The average Bonchev–Trinajstić information content (AvgIpc) is 2.26. The molecule has 0 aliphatic heterocycles. The number of hydrogen-bond donors (Lipinski definition) is 2. The van der Waals surface area contributed by atoms with Crippen LogP contribution in [0.5, 0.6) is 0 Å². The second-order valence-corrected chi connectivity index (χ2v) is 5.76. The molecule has 0 bridgehead atoms. The van der Waals surface area contributed by atoms with Crippen LogP contribution in [0.3, 0.4) is 0 Å². The zero-order valence-electron chi connectivity index (χ0n) is 11.7. The molecule has 0 aliphatic carbocycles. The number of carbonyl (C=O) groups excluding carboxylic acids is 1. The molecule has 3 N–H and O–H groups in total. The van der Waals surface area contributed by atoms with Gasteiger partial charge < -0.3 is 11.1 Å². The van der Waals surface area contributed by atoms with E-state index >= 15 is 0 Å². The topological polar surface area (TPSA) is 68.0 Å². The monoisotopic (exact) mass is 249 g/mol. The number of hydrogen-bond acceptors (Lipinski definition) is 3. The van der Waals surface area contributed by atoms with Crippen LogP contribution in [0, 0.1) is 12.3 Å². The number of nitrogens with zero attached hydrogens (tertiary/aromatic N) is 1. The lowest BCUT2D eigenvalue weighted by Gasteiger charge is -2.26. The largest absolute Gasteiger partial charge is 0.352 e. The van der Waals surface area contributed by atoms with Crippen molar-refractivity contribution in [2.24, 2.45) is 11.1 Å². The summed E-state index contributed by atoms with van der Waals surface area (Å²) >= 11 is 0. The predicted molar refractivity (Wildman–Crippen MR) is 72.9 cm³/mol. The quantitative estimate of drug-likeness (QED) is 0.854. The van der Waals surface area contributed by atoms with Crippen LogP contribution in [-0.2, 0) is 11.3 Å². The van der Waals surface area contributed by atoms with Crippen LogP contribution in [0.15, 0.2) is 18.5 Å². The maximum absolute atomic E-state index is 11.8. The molecule has 4 heteroatoms. The van der Waals surface area contributed by atoms with Crippen molar-refractivity contribution in [3.63, 3.8) is 0 Å². The predicted octanol–water partition coefficient (Wildman–Crippen LogP) is 1.77. The second-order valence-electron chi connectivity index (χ2n) is 5.76. The fourth-order valence-corrected chi connectivity index (χ4v) is 1.45. The molecule has 0 saturated carbocycles. The van der Waals surface area contributed by atoms with E-state index in [2.05, 4.69) is 10.3 Å². The van der Waals surface area contributed by atoms with Gasteiger partial charge in [0, 0.05) is 31.4 Å². The Morgan fingerprint density at radius 1 is 1.50 bits per heavy atom. The van der Waals surface area contributed by atoms with Crippen LogP contribution in [0.2, 0.25) is 0 Å². The first-order valence-corrected chi connectivity index (χ1v) is 6.22. The van der Waals surface area contributed by atoms with Gasteiger partial charge in [0.15, 0.2) is 0 Å². The van der Waals surface area contributed by atoms with Gasteiger partial charge >= 0.3 is 0 Å². The molecule has 100 valence electrons. The summed E-state index contributed by atoms with van der Waals surface area (Å²) in [5.41, 5.74) is 8.09. The number of nitrogens with two attached hydrogens (primary N) is 1. The molecule has 1 aromatic rings. The zero-order chi connectivity index (χ0) is 13.8. The van der Waals surface area contributed by atoms with E-state index in [9.17, 15) is 4.79 Å². The van der Waals surface area contributed by atoms with Gasteiger partial charge in [-0.05, 0) is 29.5 Å². The third kappa shape index (κ3) is 4.45. The van der Waals surface area contributed by atoms with E-state index in [-0.39, 0.29) is 17.4 Å². The van der Waals surface area contributed by atoms with Crippen molar-refractivity contribution < 1.29 is 4.79 Å². The van der Waals surface area contributed by atoms with Gasteiger partial charge in [-0.3, -0.25) is 9.78 Å². The van der Waals surface area contributed by atoms with E-state index in [1.807, 2.05) is 33.8 Å². The van der Waals surface area contributed by atoms with Gasteiger partial charge in [-0.25, -0.2) is 0 Å². The summed E-state index contributed by atoms with van der Waals surface area (Å²) in [6.45, 7) is 8.63. The molecule has 0 aliphatic rings. The lowest BCUT2D eigenvalue weighted by molar-refractivity contribution is -0.122. The molecule has 1 aromatic heterocycles. The fraction of sp³-hybridized carbons (Fsp3) is 0.571. The normalized spacial score (nSPS) is 13.2. The average molecular weight is 249 g/mol. The molecule has 0 spiro atoms. The number of rotatable bonds is 4. The molecule has 0 fully saturated rings. The number of amides is 1.